The highest BCUT2D eigenvalue weighted by Crippen LogP contribution is 2.13. The van der Waals surface area contributed by atoms with Crippen LogP contribution in [-0.4, -0.2) is 49.3 Å². The van der Waals surface area contributed by atoms with E-state index in [0.29, 0.717) is 26.2 Å². The topological polar surface area (TPSA) is 87.7 Å². The van der Waals surface area contributed by atoms with Gasteiger partial charge in [-0.25, -0.2) is 0 Å². The Morgan fingerprint density at radius 2 is 2.18 bits per heavy atom. The Morgan fingerprint density at radius 1 is 1.41 bits per heavy atom. The second-order valence-corrected chi connectivity index (χ2v) is 4.10. The summed E-state index contributed by atoms with van der Waals surface area (Å²) in [5.74, 6) is -1.06. The number of aliphatic carboxylic acids is 1. The van der Waals surface area contributed by atoms with Gasteiger partial charge in [0.25, 0.3) is 0 Å². The molecular formula is C11H20N2O4. The molecule has 1 fully saturated rings. The Kier molecular flexibility index (Phi) is 5.93. The lowest BCUT2D eigenvalue weighted by Gasteiger charge is -2.17. The molecular weight excluding hydrogens is 224 g/mol. The van der Waals surface area contributed by atoms with Crippen LogP contribution >= 0.6 is 0 Å². The molecule has 6 heteroatoms. The fraction of sp³-hybridized carbons (Fsp3) is 0.818. The summed E-state index contributed by atoms with van der Waals surface area (Å²) in [5, 5.41) is 14.4. The lowest BCUT2D eigenvalue weighted by atomic mass is 10.0. The molecule has 0 aromatic rings. The molecule has 0 saturated carbocycles. The SMILES string of the molecule is CCNC1COCC1C(=O)NCCCC(=O)O. The number of nitrogens with one attached hydrogen (secondary N) is 2. The van der Waals surface area contributed by atoms with E-state index in [2.05, 4.69) is 10.6 Å². The van der Waals surface area contributed by atoms with Crippen molar-refractivity contribution in [2.24, 2.45) is 5.92 Å². The molecule has 2 unspecified atom stereocenters. The molecule has 0 spiro atoms. The highest BCUT2D eigenvalue weighted by atomic mass is 16.5. The van der Waals surface area contributed by atoms with E-state index < -0.39 is 5.97 Å². The number of likely N-dealkylation sites (N-methyl/N-ethyl adjacent to an activating group) is 1. The van der Waals surface area contributed by atoms with Gasteiger partial charge in [-0.15, -0.1) is 0 Å². The monoisotopic (exact) mass is 244 g/mol. The van der Waals surface area contributed by atoms with Gasteiger partial charge in [-0.1, -0.05) is 6.92 Å². The van der Waals surface area contributed by atoms with Crippen LogP contribution in [0, 0.1) is 5.92 Å². The molecule has 1 rings (SSSR count). The van der Waals surface area contributed by atoms with Gasteiger partial charge in [-0.3, -0.25) is 9.59 Å². The first-order valence-electron chi connectivity index (χ1n) is 5.95. The molecule has 0 aromatic heterocycles. The molecule has 0 radical (unpaired) electrons. The molecule has 17 heavy (non-hydrogen) atoms. The molecule has 0 bridgehead atoms. The highest BCUT2D eigenvalue weighted by Gasteiger charge is 2.33. The normalized spacial score (nSPS) is 23.6. The summed E-state index contributed by atoms with van der Waals surface area (Å²) in [6.45, 7) is 4.18. The standard InChI is InChI=1S/C11H20N2O4/c1-2-12-9-7-17-6-8(9)11(16)13-5-3-4-10(14)15/h8-9,12H,2-7H2,1H3,(H,13,16)(H,14,15). The molecule has 1 amide bonds. The van der Waals surface area contributed by atoms with Crippen molar-refractivity contribution < 1.29 is 19.4 Å². The number of ether oxygens (including phenoxy) is 1. The maximum atomic E-state index is 11.8. The van der Waals surface area contributed by atoms with Gasteiger partial charge < -0.3 is 20.5 Å². The van der Waals surface area contributed by atoms with Crippen molar-refractivity contribution in [1.82, 2.24) is 10.6 Å². The van der Waals surface area contributed by atoms with E-state index in [1.54, 1.807) is 0 Å². The minimum absolute atomic E-state index is 0.0566. The van der Waals surface area contributed by atoms with Crippen LogP contribution in [0.5, 0.6) is 0 Å². The third kappa shape index (κ3) is 4.70. The first-order chi connectivity index (χ1) is 8.15. The van der Waals surface area contributed by atoms with E-state index in [0.717, 1.165) is 6.54 Å². The van der Waals surface area contributed by atoms with Crippen LogP contribution in [0.1, 0.15) is 19.8 Å². The summed E-state index contributed by atoms with van der Waals surface area (Å²) in [4.78, 5) is 22.1. The summed E-state index contributed by atoms with van der Waals surface area (Å²) in [7, 11) is 0. The quantitative estimate of drug-likeness (QED) is 0.530. The van der Waals surface area contributed by atoms with E-state index in [1.807, 2.05) is 6.92 Å². The van der Waals surface area contributed by atoms with Crippen molar-refractivity contribution in [3.63, 3.8) is 0 Å². The largest absolute Gasteiger partial charge is 0.481 e. The summed E-state index contributed by atoms with van der Waals surface area (Å²) >= 11 is 0. The zero-order chi connectivity index (χ0) is 12.7. The number of rotatable bonds is 7. The van der Waals surface area contributed by atoms with Gasteiger partial charge >= 0.3 is 5.97 Å². The first-order valence-corrected chi connectivity index (χ1v) is 5.95. The van der Waals surface area contributed by atoms with E-state index in [4.69, 9.17) is 9.84 Å². The molecule has 0 aromatic carbocycles. The fourth-order valence-electron chi connectivity index (χ4n) is 1.86. The van der Waals surface area contributed by atoms with Gasteiger partial charge in [0.05, 0.1) is 19.1 Å². The van der Waals surface area contributed by atoms with Gasteiger partial charge in [0, 0.05) is 19.0 Å². The van der Waals surface area contributed by atoms with Gasteiger partial charge in [0.15, 0.2) is 0 Å². The van der Waals surface area contributed by atoms with Gasteiger partial charge in [-0.05, 0) is 13.0 Å². The third-order valence-electron chi connectivity index (χ3n) is 2.75. The predicted octanol–water partition coefficient (Wildman–Crippen LogP) is -0.408. The van der Waals surface area contributed by atoms with Gasteiger partial charge in [-0.2, -0.15) is 0 Å². The van der Waals surface area contributed by atoms with Crippen LogP contribution in [-0.2, 0) is 14.3 Å². The van der Waals surface area contributed by atoms with Crippen LogP contribution in [0.2, 0.25) is 0 Å². The molecule has 98 valence electrons. The number of amides is 1. The molecule has 6 nitrogen and oxygen atoms in total. The fourth-order valence-corrected chi connectivity index (χ4v) is 1.86. The number of hydrogen-bond acceptors (Lipinski definition) is 4. The zero-order valence-corrected chi connectivity index (χ0v) is 10.1. The minimum atomic E-state index is -0.839. The van der Waals surface area contributed by atoms with E-state index in [1.165, 1.54) is 0 Å². The van der Waals surface area contributed by atoms with Crippen molar-refractivity contribution in [2.75, 3.05) is 26.3 Å². The van der Waals surface area contributed by atoms with Crippen molar-refractivity contribution in [1.29, 1.82) is 0 Å². The highest BCUT2D eigenvalue weighted by molar-refractivity contribution is 5.79. The molecule has 1 aliphatic rings. The minimum Gasteiger partial charge on any atom is -0.481 e. The first kappa shape index (κ1) is 13.9. The summed E-state index contributed by atoms with van der Waals surface area (Å²) in [5.41, 5.74) is 0. The van der Waals surface area contributed by atoms with E-state index >= 15 is 0 Å². The number of carbonyl (C=O) groups excluding carboxylic acids is 1. The van der Waals surface area contributed by atoms with Crippen LogP contribution in [0.4, 0.5) is 0 Å². The molecule has 2 atom stereocenters. The Morgan fingerprint density at radius 3 is 2.82 bits per heavy atom. The summed E-state index contributed by atoms with van der Waals surface area (Å²) in [6, 6.07) is 0.0690. The average molecular weight is 244 g/mol. The predicted molar refractivity (Wildman–Crippen MR) is 61.7 cm³/mol. The number of carboxylic acids is 1. The lowest BCUT2D eigenvalue weighted by molar-refractivity contribution is -0.137. The number of hydrogen-bond donors (Lipinski definition) is 3. The van der Waals surface area contributed by atoms with E-state index in [-0.39, 0.29) is 24.3 Å². The van der Waals surface area contributed by atoms with Gasteiger partial charge in [0.2, 0.25) is 5.91 Å². The summed E-state index contributed by atoms with van der Waals surface area (Å²) in [6.07, 6.45) is 0.540. The Labute approximate surface area is 101 Å². The van der Waals surface area contributed by atoms with Crippen molar-refractivity contribution >= 4 is 11.9 Å². The maximum Gasteiger partial charge on any atom is 0.303 e. The zero-order valence-electron chi connectivity index (χ0n) is 10.1. The second-order valence-electron chi connectivity index (χ2n) is 4.10. The average Bonchev–Trinajstić information content (AvgIpc) is 2.72. The summed E-state index contributed by atoms with van der Waals surface area (Å²) < 4.78 is 5.27. The Balaban J connectivity index is 2.24. The van der Waals surface area contributed by atoms with Crippen molar-refractivity contribution in [2.45, 2.75) is 25.8 Å². The van der Waals surface area contributed by atoms with Crippen LogP contribution < -0.4 is 10.6 Å². The number of carbonyl (C=O) groups is 2. The van der Waals surface area contributed by atoms with Crippen molar-refractivity contribution in [3.8, 4) is 0 Å². The lowest BCUT2D eigenvalue weighted by Crippen LogP contribution is -2.44. The Hall–Kier alpha value is -1.14. The maximum absolute atomic E-state index is 11.8. The smallest absolute Gasteiger partial charge is 0.303 e. The van der Waals surface area contributed by atoms with Crippen molar-refractivity contribution in [3.05, 3.63) is 0 Å². The molecule has 3 N–H and O–H groups in total. The molecule has 0 aliphatic carbocycles. The molecule has 1 saturated heterocycles. The Bertz CT molecular complexity index is 270. The van der Waals surface area contributed by atoms with Crippen LogP contribution in [0.25, 0.3) is 0 Å². The number of carboxylic acid groups (broad SMARTS) is 1. The molecule has 1 aliphatic heterocycles. The second kappa shape index (κ2) is 7.24. The molecule has 1 heterocycles. The van der Waals surface area contributed by atoms with Crippen LogP contribution in [0.3, 0.4) is 0 Å². The third-order valence-corrected chi connectivity index (χ3v) is 2.75. The van der Waals surface area contributed by atoms with Gasteiger partial charge in [0.1, 0.15) is 0 Å². The van der Waals surface area contributed by atoms with E-state index in [9.17, 15) is 9.59 Å². The van der Waals surface area contributed by atoms with Crippen LogP contribution in [0.15, 0.2) is 0 Å².